The molecule has 2 saturated heterocycles. The normalized spacial score (nSPS) is 40.8. The Balaban J connectivity index is 1.95. The molecule has 0 aromatic carbocycles. The predicted molar refractivity (Wildman–Crippen MR) is 43.4 cm³/mol. The van der Waals surface area contributed by atoms with Gasteiger partial charge in [0.25, 0.3) is 0 Å². The fraction of sp³-hybridized carbons (Fsp3) is 1.00. The second-order valence-electron chi connectivity index (χ2n) is 2.93. The van der Waals surface area contributed by atoms with Gasteiger partial charge in [0.2, 0.25) is 0 Å². The number of hydrogen-bond acceptors (Lipinski definition) is 3. The van der Waals surface area contributed by atoms with E-state index in [1.54, 1.807) is 0 Å². The molecule has 2 rings (SSSR count). The summed E-state index contributed by atoms with van der Waals surface area (Å²) in [6.07, 6.45) is 0. The average Bonchev–Trinajstić information content (AvgIpc) is 2.28. The van der Waals surface area contributed by atoms with Gasteiger partial charge < -0.3 is 10.1 Å². The molecule has 2 nitrogen and oxygen atoms in total. The molecule has 0 radical (unpaired) electrons. The number of fused-ring (bicyclic) bond motifs is 1. The predicted octanol–water partition coefficient (Wildman–Crippen LogP) is 0.338. The minimum Gasteiger partial charge on any atom is -0.380 e. The van der Waals surface area contributed by atoms with Crippen molar-refractivity contribution in [1.29, 1.82) is 0 Å². The van der Waals surface area contributed by atoms with Crippen molar-refractivity contribution in [3.8, 4) is 0 Å². The zero-order chi connectivity index (χ0) is 6.81. The molecule has 0 aromatic heterocycles. The number of hydrogen-bond donors (Lipinski definition) is 1. The average molecular weight is 159 g/mol. The van der Waals surface area contributed by atoms with Gasteiger partial charge in [0.1, 0.15) is 0 Å². The SMILES string of the molecule is C1COCC2CSCC2N1. The fourth-order valence-electron chi connectivity index (χ4n) is 1.54. The monoisotopic (exact) mass is 159 g/mol. The first-order valence-electron chi connectivity index (χ1n) is 3.86. The molecule has 0 aliphatic carbocycles. The van der Waals surface area contributed by atoms with E-state index in [1.807, 2.05) is 11.8 Å². The highest BCUT2D eigenvalue weighted by molar-refractivity contribution is 7.99. The van der Waals surface area contributed by atoms with E-state index in [-0.39, 0.29) is 0 Å². The van der Waals surface area contributed by atoms with Crippen molar-refractivity contribution in [2.45, 2.75) is 6.04 Å². The van der Waals surface area contributed by atoms with E-state index in [9.17, 15) is 0 Å². The molecule has 2 heterocycles. The van der Waals surface area contributed by atoms with Crippen LogP contribution in [0.2, 0.25) is 0 Å². The Morgan fingerprint density at radius 3 is 3.40 bits per heavy atom. The molecule has 2 aliphatic rings. The van der Waals surface area contributed by atoms with Crippen molar-refractivity contribution in [2.75, 3.05) is 31.3 Å². The lowest BCUT2D eigenvalue weighted by molar-refractivity contribution is 0.127. The lowest BCUT2D eigenvalue weighted by Gasteiger charge is -2.13. The third kappa shape index (κ3) is 1.31. The molecule has 3 heteroatoms. The van der Waals surface area contributed by atoms with E-state index in [2.05, 4.69) is 5.32 Å². The standard InChI is InChI=1S/C7H13NOS/c1-2-9-3-6-4-10-5-7(6)8-1/h6-8H,1-5H2. The van der Waals surface area contributed by atoms with E-state index in [1.165, 1.54) is 11.5 Å². The Morgan fingerprint density at radius 2 is 2.40 bits per heavy atom. The maximum atomic E-state index is 5.43. The van der Waals surface area contributed by atoms with Crippen LogP contribution in [0, 0.1) is 5.92 Å². The van der Waals surface area contributed by atoms with Crippen molar-refractivity contribution >= 4 is 11.8 Å². The Labute approximate surface area is 65.7 Å². The molecule has 58 valence electrons. The van der Waals surface area contributed by atoms with Crippen molar-refractivity contribution in [3.05, 3.63) is 0 Å². The highest BCUT2D eigenvalue weighted by Gasteiger charge is 2.28. The quantitative estimate of drug-likeness (QED) is 0.550. The summed E-state index contributed by atoms with van der Waals surface area (Å²) in [6.45, 7) is 2.92. The molecule has 0 saturated carbocycles. The van der Waals surface area contributed by atoms with Gasteiger partial charge >= 0.3 is 0 Å². The second-order valence-corrected chi connectivity index (χ2v) is 4.01. The maximum absolute atomic E-state index is 5.43. The lowest BCUT2D eigenvalue weighted by atomic mass is 10.1. The van der Waals surface area contributed by atoms with Gasteiger partial charge in [-0.2, -0.15) is 11.8 Å². The highest BCUT2D eigenvalue weighted by Crippen LogP contribution is 2.25. The number of thioether (sulfide) groups is 1. The van der Waals surface area contributed by atoms with Gasteiger partial charge in [0, 0.05) is 24.3 Å². The molecular weight excluding hydrogens is 146 g/mol. The molecule has 2 fully saturated rings. The third-order valence-electron chi connectivity index (χ3n) is 2.18. The summed E-state index contributed by atoms with van der Waals surface area (Å²) in [5.41, 5.74) is 0. The first kappa shape index (κ1) is 6.95. The summed E-state index contributed by atoms with van der Waals surface area (Å²) < 4.78 is 5.43. The van der Waals surface area contributed by atoms with Crippen LogP contribution in [0.3, 0.4) is 0 Å². The molecule has 0 bridgehead atoms. The van der Waals surface area contributed by atoms with Crippen LogP contribution in [0.25, 0.3) is 0 Å². The minimum absolute atomic E-state index is 0.743. The molecule has 2 unspecified atom stereocenters. The lowest BCUT2D eigenvalue weighted by Crippen LogP contribution is -2.35. The molecule has 2 aliphatic heterocycles. The largest absolute Gasteiger partial charge is 0.380 e. The van der Waals surface area contributed by atoms with Gasteiger partial charge in [-0.05, 0) is 5.75 Å². The third-order valence-corrected chi connectivity index (χ3v) is 3.44. The molecular formula is C7H13NOS. The summed E-state index contributed by atoms with van der Waals surface area (Å²) in [4.78, 5) is 0. The smallest absolute Gasteiger partial charge is 0.0591 e. The van der Waals surface area contributed by atoms with Crippen LogP contribution in [0.4, 0.5) is 0 Å². The summed E-state index contributed by atoms with van der Waals surface area (Å²) in [5, 5.41) is 3.50. The van der Waals surface area contributed by atoms with Crippen molar-refractivity contribution < 1.29 is 4.74 Å². The number of ether oxygens (including phenoxy) is 1. The summed E-state index contributed by atoms with van der Waals surface area (Å²) in [5.74, 6) is 3.36. The van der Waals surface area contributed by atoms with E-state index >= 15 is 0 Å². The zero-order valence-electron chi connectivity index (χ0n) is 6.01. The fourth-order valence-corrected chi connectivity index (χ4v) is 2.95. The summed E-state index contributed by atoms with van der Waals surface area (Å²) in [6, 6.07) is 0.743. The zero-order valence-corrected chi connectivity index (χ0v) is 6.82. The number of rotatable bonds is 0. The van der Waals surface area contributed by atoms with Crippen LogP contribution in [0.15, 0.2) is 0 Å². The van der Waals surface area contributed by atoms with E-state index in [4.69, 9.17) is 4.74 Å². The van der Waals surface area contributed by atoms with Crippen molar-refractivity contribution in [3.63, 3.8) is 0 Å². The van der Waals surface area contributed by atoms with Gasteiger partial charge in [-0.1, -0.05) is 0 Å². The number of nitrogens with one attached hydrogen (secondary N) is 1. The first-order chi connectivity index (χ1) is 4.97. The molecule has 1 N–H and O–H groups in total. The highest BCUT2D eigenvalue weighted by atomic mass is 32.2. The van der Waals surface area contributed by atoms with Crippen molar-refractivity contribution in [2.24, 2.45) is 5.92 Å². The van der Waals surface area contributed by atoms with E-state index in [0.717, 1.165) is 31.7 Å². The first-order valence-corrected chi connectivity index (χ1v) is 5.01. The molecule has 2 atom stereocenters. The van der Waals surface area contributed by atoms with Crippen LogP contribution >= 0.6 is 11.8 Å². The van der Waals surface area contributed by atoms with Gasteiger partial charge in [-0.15, -0.1) is 0 Å². The van der Waals surface area contributed by atoms with Crippen LogP contribution in [-0.4, -0.2) is 37.3 Å². The molecule has 0 spiro atoms. The Morgan fingerprint density at radius 1 is 1.40 bits per heavy atom. The van der Waals surface area contributed by atoms with Crippen LogP contribution in [0.1, 0.15) is 0 Å². The van der Waals surface area contributed by atoms with Crippen LogP contribution in [0.5, 0.6) is 0 Å². The summed E-state index contributed by atoms with van der Waals surface area (Å²) in [7, 11) is 0. The van der Waals surface area contributed by atoms with Gasteiger partial charge in [-0.25, -0.2) is 0 Å². The summed E-state index contributed by atoms with van der Waals surface area (Å²) >= 11 is 2.05. The van der Waals surface area contributed by atoms with E-state index in [0.29, 0.717) is 0 Å². The van der Waals surface area contributed by atoms with E-state index < -0.39 is 0 Å². The molecule has 0 aromatic rings. The molecule has 0 amide bonds. The van der Waals surface area contributed by atoms with Gasteiger partial charge in [0.15, 0.2) is 0 Å². The van der Waals surface area contributed by atoms with Gasteiger partial charge in [0.05, 0.1) is 13.2 Å². The van der Waals surface area contributed by atoms with Gasteiger partial charge in [-0.3, -0.25) is 0 Å². The van der Waals surface area contributed by atoms with Crippen LogP contribution < -0.4 is 5.32 Å². The maximum Gasteiger partial charge on any atom is 0.0591 e. The Bertz CT molecular complexity index is 108. The minimum atomic E-state index is 0.743. The molecule has 10 heavy (non-hydrogen) atoms. The van der Waals surface area contributed by atoms with Crippen LogP contribution in [-0.2, 0) is 4.74 Å². The second kappa shape index (κ2) is 3.11. The Kier molecular flexibility index (Phi) is 2.16. The Hall–Kier alpha value is 0.270. The van der Waals surface area contributed by atoms with Crippen molar-refractivity contribution in [1.82, 2.24) is 5.32 Å². The topological polar surface area (TPSA) is 21.3 Å².